The van der Waals surface area contributed by atoms with Gasteiger partial charge in [0.05, 0.1) is 17.2 Å². The van der Waals surface area contributed by atoms with E-state index in [0.29, 0.717) is 34.3 Å². The summed E-state index contributed by atoms with van der Waals surface area (Å²) >= 11 is 13.1. The molecule has 4 rings (SSSR count). The van der Waals surface area contributed by atoms with E-state index in [4.69, 9.17) is 27.9 Å². The van der Waals surface area contributed by atoms with Gasteiger partial charge in [-0.15, -0.1) is 0 Å². The van der Waals surface area contributed by atoms with E-state index < -0.39 is 28.5 Å². The molecule has 0 saturated heterocycles. The first-order chi connectivity index (χ1) is 22.2. The van der Waals surface area contributed by atoms with Crippen LogP contribution in [0.1, 0.15) is 31.4 Å². The molecule has 0 heterocycles. The van der Waals surface area contributed by atoms with E-state index in [-0.39, 0.29) is 36.1 Å². The van der Waals surface area contributed by atoms with Crippen molar-refractivity contribution in [1.82, 2.24) is 10.2 Å². The molecule has 0 radical (unpaired) electrons. The van der Waals surface area contributed by atoms with Gasteiger partial charge in [0.1, 0.15) is 18.3 Å². The fourth-order valence-corrected chi connectivity index (χ4v) is 6.91. The summed E-state index contributed by atoms with van der Waals surface area (Å²) in [5.41, 5.74) is 1.44. The number of anilines is 1. The molecule has 1 unspecified atom stereocenters. The smallest absolute Gasteiger partial charge is 0.264 e. The number of rotatable bonds is 15. The monoisotopic (exact) mass is 681 g/mol. The molecule has 0 aliphatic rings. The Morgan fingerprint density at radius 1 is 0.826 bits per heavy atom. The number of sulfonamides is 1. The molecule has 1 N–H and O–H groups in total. The van der Waals surface area contributed by atoms with Crippen LogP contribution in [0.15, 0.2) is 108 Å². The maximum absolute atomic E-state index is 14.6. The van der Waals surface area contributed by atoms with Gasteiger partial charge in [0.25, 0.3) is 10.0 Å². The average Bonchev–Trinajstić information content (AvgIpc) is 3.06. The highest BCUT2D eigenvalue weighted by Crippen LogP contribution is 2.33. The summed E-state index contributed by atoms with van der Waals surface area (Å²) in [6.45, 7) is 3.63. The predicted molar refractivity (Wildman–Crippen MR) is 183 cm³/mol. The molecule has 242 valence electrons. The molecule has 2 amide bonds. The molecule has 1 atom stereocenters. The number of carbonyl (C=O) groups excluding carboxylic acids is 2. The van der Waals surface area contributed by atoms with E-state index in [1.807, 2.05) is 37.3 Å². The van der Waals surface area contributed by atoms with Gasteiger partial charge in [-0.1, -0.05) is 96.9 Å². The van der Waals surface area contributed by atoms with Gasteiger partial charge in [-0.05, 0) is 55.3 Å². The second-order valence-electron chi connectivity index (χ2n) is 10.4. The number of para-hydroxylation sites is 2. The Kier molecular flexibility index (Phi) is 12.5. The Hall–Kier alpha value is -4.05. The van der Waals surface area contributed by atoms with Gasteiger partial charge in [-0.3, -0.25) is 13.9 Å². The number of carbonyl (C=O) groups is 2. The van der Waals surface area contributed by atoms with Gasteiger partial charge in [-0.2, -0.15) is 0 Å². The van der Waals surface area contributed by atoms with E-state index in [2.05, 4.69) is 5.32 Å². The van der Waals surface area contributed by atoms with Crippen molar-refractivity contribution >= 4 is 50.7 Å². The van der Waals surface area contributed by atoms with Crippen molar-refractivity contribution in [2.24, 2.45) is 0 Å². The number of benzene rings is 4. The average molecular weight is 683 g/mol. The van der Waals surface area contributed by atoms with Crippen LogP contribution < -0.4 is 14.4 Å². The van der Waals surface area contributed by atoms with Crippen LogP contribution in [0.4, 0.5) is 5.69 Å². The van der Waals surface area contributed by atoms with Crippen LogP contribution in [-0.4, -0.2) is 50.9 Å². The molecule has 0 fully saturated rings. The Balaban J connectivity index is 1.86. The maximum atomic E-state index is 14.6. The molecule has 4 aromatic rings. The number of halogens is 2. The highest BCUT2D eigenvalue weighted by atomic mass is 35.5. The molecule has 46 heavy (non-hydrogen) atoms. The fourth-order valence-electron chi connectivity index (χ4n) is 4.95. The number of nitrogens with one attached hydrogen (secondary N) is 1. The van der Waals surface area contributed by atoms with Crippen molar-refractivity contribution < 1.29 is 22.7 Å². The third-order valence-corrected chi connectivity index (χ3v) is 9.74. The number of hydrogen-bond acceptors (Lipinski definition) is 5. The fraction of sp³-hybridized carbons (Fsp3) is 0.257. The molecule has 4 aromatic carbocycles. The third kappa shape index (κ3) is 8.60. The molecule has 0 aliphatic carbocycles. The quantitative estimate of drug-likeness (QED) is 0.150. The molecule has 8 nitrogen and oxygen atoms in total. The summed E-state index contributed by atoms with van der Waals surface area (Å²) in [7, 11) is -4.28. The SMILES string of the molecule is CCCNC(=O)C(Cc1ccccc1)N(Cc1c(Cl)cccc1Cl)C(=O)CN(c1ccccc1OCC)S(=O)(=O)c1ccccc1. The highest BCUT2D eigenvalue weighted by Gasteiger charge is 2.36. The number of hydrogen-bond donors (Lipinski definition) is 1. The molecular weight excluding hydrogens is 645 g/mol. The van der Waals surface area contributed by atoms with Gasteiger partial charge in [-0.25, -0.2) is 8.42 Å². The van der Waals surface area contributed by atoms with Crippen LogP contribution >= 0.6 is 23.2 Å². The summed E-state index contributed by atoms with van der Waals surface area (Å²) < 4.78 is 35.3. The van der Waals surface area contributed by atoms with Gasteiger partial charge in [0.15, 0.2) is 0 Å². The molecular formula is C35H37Cl2N3O5S. The van der Waals surface area contributed by atoms with E-state index in [0.717, 1.165) is 9.87 Å². The Morgan fingerprint density at radius 2 is 1.43 bits per heavy atom. The van der Waals surface area contributed by atoms with Crippen molar-refractivity contribution in [3.05, 3.63) is 124 Å². The topological polar surface area (TPSA) is 96.0 Å². The zero-order chi connectivity index (χ0) is 33.1. The van der Waals surface area contributed by atoms with Gasteiger partial charge in [0, 0.05) is 35.1 Å². The van der Waals surface area contributed by atoms with Crippen molar-refractivity contribution in [3.8, 4) is 5.75 Å². The number of ether oxygens (including phenoxy) is 1. The lowest BCUT2D eigenvalue weighted by molar-refractivity contribution is -0.140. The standard InChI is InChI=1S/C35H37Cl2N3O5S/c1-3-22-38-35(42)32(23-26-14-7-5-8-15-26)39(24-28-29(36)18-13-19-30(28)37)34(41)25-40(31-20-11-12-21-33(31)45-4-2)46(43,44)27-16-9-6-10-17-27/h5-21,32H,3-4,22-25H2,1-2H3,(H,38,42). The molecule has 0 saturated carbocycles. The van der Waals surface area contributed by atoms with Crippen LogP contribution in [0, 0.1) is 0 Å². The first kappa shape index (κ1) is 34.8. The lowest BCUT2D eigenvalue weighted by Crippen LogP contribution is -2.53. The highest BCUT2D eigenvalue weighted by molar-refractivity contribution is 7.92. The molecule has 0 bridgehead atoms. The van der Waals surface area contributed by atoms with Crippen molar-refractivity contribution in [1.29, 1.82) is 0 Å². The maximum Gasteiger partial charge on any atom is 0.264 e. The first-order valence-electron chi connectivity index (χ1n) is 15.0. The molecule has 0 aliphatic heterocycles. The lowest BCUT2D eigenvalue weighted by Gasteiger charge is -2.34. The van der Waals surface area contributed by atoms with E-state index in [9.17, 15) is 18.0 Å². The van der Waals surface area contributed by atoms with E-state index in [1.165, 1.54) is 17.0 Å². The predicted octanol–water partition coefficient (Wildman–Crippen LogP) is 6.75. The van der Waals surface area contributed by atoms with Gasteiger partial charge in [0.2, 0.25) is 11.8 Å². The lowest BCUT2D eigenvalue weighted by atomic mass is 10.0. The largest absolute Gasteiger partial charge is 0.492 e. The minimum absolute atomic E-state index is 0.00340. The minimum Gasteiger partial charge on any atom is -0.492 e. The Bertz CT molecular complexity index is 1700. The Morgan fingerprint density at radius 3 is 2.07 bits per heavy atom. The zero-order valence-electron chi connectivity index (χ0n) is 25.7. The van der Waals surface area contributed by atoms with Crippen molar-refractivity contribution in [3.63, 3.8) is 0 Å². The van der Waals surface area contributed by atoms with Crippen molar-refractivity contribution in [2.45, 2.75) is 44.2 Å². The third-order valence-electron chi connectivity index (χ3n) is 7.25. The summed E-state index contributed by atoms with van der Waals surface area (Å²) in [5, 5.41) is 3.55. The Labute approximate surface area is 280 Å². The van der Waals surface area contributed by atoms with E-state index in [1.54, 1.807) is 67.6 Å². The van der Waals surface area contributed by atoms with Gasteiger partial charge >= 0.3 is 0 Å². The second-order valence-corrected chi connectivity index (χ2v) is 13.1. The molecule has 11 heteroatoms. The molecule has 0 aromatic heterocycles. The first-order valence-corrected chi connectivity index (χ1v) is 17.2. The molecule has 0 spiro atoms. The van der Waals surface area contributed by atoms with Crippen LogP contribution in [0.5, 0.6) is 5.75 Å². The minimum atomic E-state index is -4.28. The summed E-state index contributed by atoms with van der Waals surface area (Å²) in [4.78, 5) is 29.8. The number of amides is 2. The van der Waals surface area contributed by atoms with Crippen molar-refractivity contribution in [2.75, 3.05) is 24.0 Å². The second kappa shape index (κ2) is 16.5. The summed E-state index contributed by atoms with van der Waals surface area (Å²) in [6.07, 6.45) is 0.858. The van der Waals surface area contributed by atoms with E-state index >= 15 is 0 Å². The van der Waals surface area contributed by atoms with Crippen LogP contribution in [0.25, 0.3) is 0 Å². The van der Waals surface area contributed by atoms with Crippen LogP contribution in [-0.2, 0) is 32.6 Å². The normalized spacial score (nSPS) is 11.8. The van der Waals surface area contributed by atoms with Crippen LogP contribution in [0.2, 0.25) is 10.0 Å². The van der Waals surface area contributed by atoms with Gasteiger partial charge < -0.3 is 15.0 Å². The zero-order valence-corrected chi connectivity index (χ0v) is 28.1. The summed E-state index contributed by atoms with van der Waals surface area (Å²) in [6, 6.07) is 27.8. The summed E-state index contributed by atoms with van der Waals surface area (Å²) in [5.74, 6) is -0.719. The number of nitrogens with zero attached hydrogens (tertiary/aromatic N) is 2. The van der Waals surface area contributed by atoms with Crippen LogP contribution in [0.3, 0.4) is 0 Å².